The van der Waals surface area contributed by atoms with Crippen LogP contribution in [-0.2, 0) is 11.2 Å². The van der Waals surface area contributed by atoms with Crippen molar-refractivity contribution in [2.75, 3.05) is 19.7 Å². The Labute approximate surface area is 82.8 Å². The van der Waals surface area contributed by atoms with E-state index in [9.17, 15) is 0 Å². The van der Waals surface area contributed by atoms with Gasteiger partial charge in [0.25, 0.3) is 0 Å². The normalized spacial score (nSPS) is 16.9. The fourth-order valence-corrected chi connectivity index (χ4v) is 1.30. The van der Waals surface area contributed by atoms with E-state index >= 15 is 0 Å². The highest BCUT2D eigenvalue weighted by Crippen LogP contribution is 2.03. The van der Waals surface area contributed by atoms with Crippen LogP contribution in [0.1, 0.15) is 18.1 Å². The van der Waals surface area contributed by atoms with Crippen molar-refractivity contribution in [1.29, 1.82) is 0 Å². The second-order valence-electron chi connectivity index (χ2n) is 3.49. The van der Waals surface area contributed by atoms with Crippen LogP contribution in [0.3, 0.4) is 0 Å². The average molecular weight is 197 g/mol. The summed E-state index contributed by atoms with van der Waals surface area (Å²) < 4.78 is 10.5. The molecule has 1 N–H and O–H groups in total. The molecule has 0 unspecified atom stereocenters. The highest BCUT2D eigenvalue weighted by atomic mass is 16.5. The zero-order valence-corrected chi connectivity index (χ0v) is 8.32. The SMILES string of the molecule is Cc1noc(CCCOC2CNC2)n1. The van der Waals surface area contributed by atoms with E-state index in [0.717, 1.165) is 32.5 Å². The number of aryl methyl sites for hydroxylation is 2. The van der Waals surface area contributed by atoms with Gasteiger partial charge in [-0.15, -0.1) is 0 Å². The van der Waals surface area contributed by atoms with Gasteiger partial charge in [-0.1, -0.05) is 5.16 Å². The van der Waals surface area contributed by atoms with Crippen LogP contribution in [0, 0.1) is 6.92 Å². The summed E-state index contributed by atoms with van der Waals surface area (Å²) in [6.45, 7) is 4.57. The van der Waals surface area contributed by atoms with Crippen molar-refractivity contribution in [3.63, 3.8) is 0 Å². The van der Waals surface area contributed by atoms with E-state index in [1.165, 1.54) is 0 Å². The molecule has 0 radical (unpaired) electrons. The van der Waals surface area contributed by atoms with Gasteiger partial charge in [0.1, 0.15) is 0 Å². The maximum atomic E-state index is 5.55. The molecule has 0 aliphatic carbocycles. The molecule has 1 aliphatic heterocycles. The number of nitrogens with zero attached hydrogens (tertiary/aromatic N) is 2. The first-order chi connectivity index (χ1) is 6.84. The van der Waals surface area contributed by atoms with Crippen LogP contribution in [0.4, 0.5) is 0 Å². The third-order valence-corrected chi connectivity index (χ3v) is 2.20. The predicted octanol–water partition coefficient (Wildman–Crippen LogP) is 0.299. The first-order valence-corrected chi connectivity index (χ1v) is 4.96. The van der Waals surface area contributed by atoms with E-state index in [4.69, 9.17) is 9.26 Å². The van der Waals surface area contributed by atoms with E-state index in [-0.39, 0.29) is 0 Å². The third-order valence-electron chi connectivity index (χ3n) is 2.20. The van der Waals surface area contributed by atoms with Gasteiger partial charge < -0.3 is 14.6 Å². The summed E-state index contributed by atoms with van der Waals surface area (Å²) in [7, 11) is 0. The Hall–Kier alpha value is -0.940. The molecular weight excluding hydrogens is 182 g/mol. The molecule has 1 fully saturated rings. The van der Waals surface area contributed by atoms with Gasteiger partial charge in [0, 0.05) is 26.1 Å². The van der Waals surface area contributed by atoms with Crippen LogP contribution in [-0.4, -0.2) is 35.9 Å². The number of nitrogens with one attached hydrogen (secondary N) is 1. The Morgan fingerprint density at radius 3 is 3.00 bits per heavy atom. The van der Waals surface area contributed by atoms with Crippen molar-refractivity contribution in [1.82, 2.24) is 15.5 Å². The first kappa shape index (κ1) is 9.61. The number of ether oxygens (including phenoxy) is 1. The smallest absolute Gasteiger partial charge is 0.226 e. The molecule has 78 valence electrons. The summed E-state index contributed by atoms with van der Waals surface area (Å²) >= 11 is 0. The Morgan fingerprint density at radius 1 is 1.57 bits per heavy atom. The van der Waals surface area contributed by atoms with Gasteiger partial charge in [-0.25, -0.2) is 0 Å². The van der Waals surface area contributed by atoms with Crippen LogP contribution < -0.4 is 5.32 Å². The molecule has 5 heteroatoms. The molecule has 0 bridgehead atoms. The predicted molar refractivity (Wildman–Crippen MR) is 50.0 cm³/mol. The fraction of sp³-hybridized carbons (Fsp3) is 0.778. The summed E-state index contributed by atoms with van der Waals surface area (Å²) in [5.41, 5.74) is 0. The lowest BCUT2D eigenvalue weighted by Crippen LogP contribution is -2.48. The standard InChI is InChI=1S/C9H15N3O2/c1-7-11-9(14-12-7)3-2-4-13-8-5-10-6-8/h8,10H,2-6H2,1H3. The monoisotopic (exact) mass is 197 g/mol. The molecule has 1 aromatic rings. The van der Waals surface area contributed by atoms with Crippen molar-refractivity contribution < 1.29 is 9.26 Å². The minimum absolute atomic E-state index is 0.416. The molecule has 1 aromatic heterocycles. The molecule has 5 nitrogen and oxygen atoms in total. The molecule has 2 heterocycles. The summed E-state index contributed by atoms with van der Waals surface area (Å²) in [5, 5.41) is 6.88. The number of rotatable bonds is 5. The molecular formula is C9H15N3O2. The maximum absolute atomic E-state index is 5.55. The second kappa shape index (κ2) is 4.52. The van der Waals surface area contributed by atoms with E-state index in [0.29, 0.717) is 17.8 Å². The zero-order valence-electron chi connectivity index (χ0n) is 8.32. The van der Waals surface area contributed by atoms with E-state index < -0.39 is 0 Å². The van der Waals surface area contributed by atoms with Crippen molar-refractivity contribution >= 4 is 0 Å². The summed E-state index contributed by atoms with van der Waals surface area (Å²) in [6.07, 6.45) is 2.17. The fourth-order valence-electron chi connectivity index (χ4n) is 1.30. The molecule has 0 amide bonds. The molecule has 0 atom stereocenters. The van der Waals surface area contributed by atoms with E-state index in [1.54, 1.807) is 0 Å². The van der Waals surface area contributed by atoms with Gasteiger partial charge >= 0.3 is 0 Å². The summed E-state index contributed by atoms with van der Waals surface area (Å²) in [4.78, 5) is 4.12. The number of hydrogen-bond donors (Lipinski definition) is 1. The molecule has 0 saturated carbocycles. The minimum Gasteiger partial charge on any atom is -0.376 e. The summed E-state index contributed by atoms with van der Waals surface area (Å²) in [5.74, 6) is 1.40. The van der Waals surface area contributed by atoms with Crippen LogP contribution in [0.25, 0.3) is 0 Å². The largest absolute Gasteiger partial charge is 0.376 e. The molecule has 2 rings (SSSR count). The average Bonchev–Trinajstić information content (AvgIpc) is 2.48. The van der Waals surface area contributed by atoms with Crippen molar-refractivity contribution in [2.45, 2.75) is 25.9 Å². The first-order valence-electron chi connectivity index (χ1n) is 4.96. The minimum atomic E-state index is 0.416. The third kappa shape index (κ3) is 2.52. The van der Waals surface area contributed by atoms with Crippen molar-refractivity contribution in [3.8, 4) is 0 Å². The lowest BCUT2D eigenvalue weighted by atomic mass is 10.2. The van der Waals surface area contributed by atoms with Gasteiger partial charge in [0.15, 0.2) is 5.82 Å². The molecule has 0 aromatic carbocycles. The number of aromatic nitrogens is 2. The van der Waals surface area contributed by atoms with E-state index in [1.807, 2.05) is 6.92 Å². The highest BCUT2D eigenvalue weighted by molar-refractivity contribution is 4.82. The van der Waals surface area contributed by atoms with Crippen molar-refractivity contribution in [3.05, 3.63) is 11.7 Å². The Bertz CT molecular complexity index is 283. The van der Waals surface area contributed by atoms with Gasteiger partial charge in [-0.2, -0.15) is 4.98 Å². The van der Waals surface area contributed by atoms with Gasteiger partial charge in [-0.3, -0.25) is 0 Å². The van der Waals surface area contributed by atoms with Crippen LogP contribution in [0.5, 0.6) is 0 Å². The zero-order chi connectivity index (χ0) is 9.80. The lowest BCUT2D eigenvalue weighted by molar-refractivity contribution is 0.0173. The molecule has 0 spiro atoms. The van der Waals surface area contributed by atoms with Crippen LogP contribution in [0.2, 0.25) is 0 Å². The Balaban J connectivity index is 1.58. The maximum Gasteiger partial charge on any atom is 0.226 e. The van der Waals surface area contributed by atoms with Crippen LogP contribution >= 0.6 is 0 Å². The summed E-state index contributed by atoms with van der Waals surface area (Å²) in [6, 6.07) is 0. The van der Waals surface area contributed by atoms with Gasteiger partial charge in [0.05, 0.1) is 6.10 Å². The van der Waals surface area contributed by atoms with E-state index in [2.05, 4.69) is 15.5 Å². The quantitative estimate of drug-likeness (QED) is 0.688. The molecule has 14 heavy (non-hydrogen) atoms. The lowest BCUT2D eigenvalue weighted by Gasteiger charge is -2.26. The topological polar surface area (TPSA) is 60.2 Å². The van der Waals surface area contributed by atoms with Gasteiger partial charge in [0.2, 0.25) is 5.89 Å². The van der Waals surface area contributed by atoms with Crippen LogP contribution in [0.15, 0.2) is 4.52 Å². The number of hydrogen-bond acceptors (Lipinski definition) is 5. The molecule has 1 aliphatic rings. The van der Waals surface area contributed by atoms with Gasteiger partial charge in [-0.05, 0) is 13.3 Å². The highest BCUT2D eigenvalue weighted by Gasteiger charge is 2.16. The Kier molecular flexibility index (Phi) is 3.10. The second-order valence-corrected chi connectivity index (χ2v) is 3.49. The van der Waals surface area contributed by atoms with Crippen molar-refractivity contribution in [2.24, 2.45) is 0 Å². The molecule has 1 saturated heterocycles. The Morgan fingerprint density at radius 2 is 2.43 bits per heavy atom.